The molecule has 0 radical (unpaired) electrons. The maximum Gasteiger partial charge on any atom is 0.274 e. The summed E-state index contributed by atoms with van der Waals surface area (Å²) in [5.41, 5.74) is 1.41. The lowest BCUT2D eigenvalue weighted by Crippen LogP contribution is -2.37. The minimum absolute atomic E-state index is 0.0937. The molecule has 24 heavy (non-hydrogen) atoms. The van der Waals surface area contributed by atoms with Gasteiger partial charge in [-0.05, 0) is 19.8 Å². The highest BCUT2D eigenvalue weighted by Crippen LogP contribution is 2.22. The Labute approximate surface area is 144 Å². The van der Waals surface area contributed by atoms with Gasteiger partial charge in [0.05, 0.1) is 19.2 Å². The van der Waals surface area contributed by atoms with Crippen LogP contribution in [0.4, 0.5) is 0 Å². The lowest BCUT2D eigenvalue weighted by molar-refractivity contribution is 0.0502. The Hall–Kier alpha value is -1.93. The minimum Gasteiger partial charge on any atom is -0.476 e. The molecule has 2 aliphatic heterocycles. The van der Waals surface area contributed by atoms with E-state index < -0.39 is 0 Å². The molecular formula is C16H20N4O3S. The second-order valence-electron chi connectivity index (χ2n) is 6.14. The molecule has 2 aliphatic rings. The van der Waals surface area contributed by atoms with Crippen LogP contribution in [0.25, 0.3) is 0 Å². The van der Waals surface area contributed by atoms with Gasteiger partial charge >= 0.3 is 0 Å². The van der Waals surface area contributed by atoms with Gasteiger partial charge < -0.3 is 14.4 Å². The van der Waals surface area contributed by atoms with Crippen molar-refractivity contribution in [3.63, 3.8) is 0 Å². The molecule has 0 bridgehead atoms. The zero-order valence-corrected chi connectivity index (χ0v) is 14.4. The Balaban J connectivity index is 1.54. The van der Waals surface area contributed by atoms with Crippen LogP contribution >= 0.6 is 11.3 Å². The van der Waals surface area contributed by atoms with Gasteiger partial charge in [-0.25, -0.2) is 9.67 Å². The van der Waals surface area contributed by atoms with Gasteiger partial charge in [-0.1, -0.05) is 0 Å². The van der Waals surface area contributed by atoms with Gasteiger partial charge in [0.25, 0.3) is 5.91 Å². The molecule has 8 heteroatoms. The second-order valence-corrected chi connectivity index (χ2v) is 7.09. The number of hydrogen-bond acceptors (Lipinski definition) is 6. The predicted molar refractivity (Wildman–Crippen MR) is 88.3 cm³/mol. The van der Waals surface area contributed by atoms with Crippen LogP contribution < -0.4 is 4.74 Å². The van der Waals surface area contributed by atoms with Gasteiger partial charge in [-0.3, -0.25) is 4.79 Å². The van der Waals surface area contributed by atoms with Crippen LogP contribution in [0.15, 0.2) is 11.4 Å². The molecule has 128 valence electrons. The Morgan fingerprint density at radius 2 is 2.42 bits per heavy atom. The van der Waals surface area contributed by atoms with Gasteiger partial charge in [0.15, 0.2) is 5.69 Å². The van der Waals surface area contributed by atoms with E-state index in [4.69, 9.17) is 9.47 Å². The van der Waals surface area contributed by atoms with Crippen molar-refractivity contribution in [2.45, 2.75) is 39.0 Å². The highest BCUT2D eigenvalue weighted by atomic mass is 32.1. The normalized spacial score (nSPS) is 19.3. The van der Waals surface area contributed by atoms with E-state index >= 15 is 0 Å². The van der Waals surface area contributed by atoms with Gasteiger partial charge in [0.2, 0.25) is 5.88 Å². The largest absolute Gasteiger partial charge is 0.476 e. The monoisotopic (exact) mass is 348 g/mol. The number of carbonyl (C=O) groups excluding carboxylic acids is 1. The standard InChI is InChI=1S/C16H20N4O3S/c1-11-10-24-14(17-11)9-19(8-12-3-2-5-22-12)16(21)13-7-15-20(18-13)4-6-23-15/h7,10,12H,2-6,8-9H2,1H3. The first-order valence-electron chi connectivity index (χ1n) is 8.21. The minimum atomic E-state index is -0.0937. The average Bonchev–Trinajstić information content (AvgIpc) is 3.30. The summed E-state index contributed by atoms with van der Waals surface area (Å²) in [5, 5.41) is 7.31. The summed E-state index contributed by atoms with van der Waals surface area (Å²) in [6.07, 6.45) is 2.14. The fraction of sp³-hybridized carbons (Fsp3) is 0.562. The third-order valence-corrected chi connectivity index (χ3v) is 5.19. The molecule has 4 heterocycles. The molecule has 7 nitrogen and oxygen atoms in total. The van der Waals surface area contributed by atoms with Crippen molar-refractivity contribution in [1.82, 2.24) is 19.7 Å². The van der Waals surface area contributed by atoms with Crippen LogP contribution in [-0.4, -0.2) is 51.4 Å². The molecule has 0 spiro atoms. The lowest BCUT2D eigenvalue weighted by Gasteiger charge is -2.23. The summed E-state index contributed by atoms with van der Waals surface area (Å²) in [4.78, 5) is 19.2. The molecule has 0 aliphatic carbocycles. The highest BCUT2D eigenvalue weighted by molar-refractivity contribution is 7.09. The number of fused-ring (bicyclic) bond motifs is 1. The number of amides is 1. The topological polar surface area (TPSA) is 69.5 Å². The SMILES string of the molecule is Cc1csc(CN(CC2CCCO2)C(=O)c2cc3n(n2)CCO3)n1. The number of aryl methyl sites for hydroxylation is 1. The van der Waals surface area contributed by atoms with Crippen molar-refractivity contribution in [2.75, 3.05) is 19.8 Å². The first kappa shape index (κ1) is 15.6. The van der Waals surface area contributed by atoms with Crippen LogP contribution in [0.2, 0.25) is 0 Å². The van der Waals surface area contributed by atoms with Crippen molar-refractivity contribution in [3.05, 3.63) is 27.8 Å². The quantitative estimate of drug-likeness (QED) is 0.825. The van der Waals surface area contributed by atoms with Gasteiger partial charge in [-0.15, -0.1) is 11.3 Å². The number of ether oxygens (including phenoxy) is 2. The molecule has 0 N–H and O–H groups in total. The molecule has 4 rings (SSSR count). The van der Waals surface area contributed by atoms with Crippen LogP contribution in [0.5, 0.6) is 5.88 Å². The number of carbonyl (C=O) groups is 1. The van der Waals surface area contributed by atoms with E-state index in [-0.39, 0.29) is 12.0 Å². The summed E-state index contributed by atoms with van der Waals surface area (Å²) in [6.45, 7) is 5.11. The Kier molecular flexibility index (Phi) is 4.24. The van der Waals surface area contributed by atoms with Crippen LogP contribution in [0.1, 0.15) is 34.0 Å². The Bertz CT molecular complexity index is 714. The van der Waals surface area contributed by atoms with E-state index in [1.807, 2.05) is 12.3 Å². The molecule has 2 aromatic rings. The van der Waals surface area contributed by atoms with Crippen molar-refractivity contribution in [3.8, 4) is 5.88 Å². The first-order chi connectivity index (χ1) is 11.7. The van der Waals surface area contributed by atoms with Gasteiger partial charge in [-0.2, -0.15) is 5.10 Å². The molecule has 1 amide bonds. The van der Waals surface area contributed by atoms with E-state index in [9.17, 15) is 4.79 Å². The van der Waals surface area contributed by atoms with Crippen LogP contribution in [0, 0.1) is 6.92 Å². The summed E-state index contributed by atoms with van der Waals surface area (Å²) >= 11 is 1.58. The zero-order valence-electron chi connectivity index (χ0n) is 13.6. The highest BCUT2D eigenvalue weighted by Gasteiger charge is 2.27. The van der Waals surface area contributed by atoms with Crippen molar-refractivity contribution >= 4 is 17.2 Å². The number of nitrogens with zero attached hydrogens (tertiary/aromatic N) is 4. The summed E-state index contributed by atoms with van der Waals surface area (Å²) in [5.74, 6) is 0.573. The van der Waals surface area contributed by atoms with E-state index in [0.29, 0.717) is 37.8 Å². The maximum atomic E-state index is 13.0. The van der Waals surface area contributed by atoms with Crippen LogP contribution in [0.3, 0.4) is 0 Å². The van der Waals surface area contributed by atoms with E-state index in [1.165, 1.54) is 0 Å². The molecule has 1 unspecified atom stereocenters. The summed E-state index contributed by atoms with van der Waals surface area (Å²) < 4.78 is 12.9. The van der Waals surface area contributed by atoms with Crippen molar-refractivity contribution < 1.29 is 14.3 Å². The predicted octanol–water partition coefficient (Wildman–Crippen LogP) is 1.86. The second kappa shape index (κ2) is 6.52. The number of aromatic nitrogens is 3. The Morgan fingerprint density at radius 3 is 3.12 bits per heavy atom. The van der Waals surface area contributed by atoms with Crippen molar-refractivity contribution in [1.29, 1.82) is 0 Å². The fourth-order valence-corrected chi connectivity index (χ4v) is 3.86. The van der Waals surface area contributed by atoms with Crippen LogP contribution in [-0.2, 0) is 17.8 Å². The molecule has 0 saturated carbocycles. The average molecular weight is 348 g/mol. The number of hydrogen-bond donors (Lipinski definition) is 0. The fourth-order valence-electron chi connectivity index (χ4n) is 3.07. The molecule has 1 fully saturated rings. The molecule has 2 aromatic heterocycles. The summed E-state index contributed by atoms with van der Waals surface area (Å²) in [7, 11) is 0. The van der Waals surface area contributed by atoms with E-state index in [1.54, 1.807) is 27.0 Å². The Morgan fingerprint density at radius 1 is 1.50 bits per heavy atom. The molecule has 0 aromatic carbocycles. The third kappa shape index (κ3) is 3.16. The first-order valence-corrected chi connectivity index (χ1v) is 9.09. The number of thiazole rings is 1. The maximum absolute atomic E-state index is 13.0. The van der Waals surface area contributed by atoms with E-state index in [2.05, 4.69) is 10.1 Å². The van der Waals surface area contributed by atoms with Gasteiger partial charge in [0.1, 0.15) is 11.6 Å². The smallest absolute Gasteiger partial charge is 0.274 e. The molecule has 1 saturated heterocycles. The zero-order chi connectivity index (χ0) is 16.5. The van der Waals surface area contributed by atoms with Gasteiger partial charge in [0, 0.05) is 30.3 Å². The summed E-state index contributed by atoms with van der Waals surface area (Å²) in [6, 6.07) is 1.73. The van der Waals surface area contributed by atoms with Crippen molar-refractivity contribution in [2.24, 2.45) is 0 Å². The third-order valence-electron chi connectivity index (χ3n) is 4.24. The lowest BCUT2D eigenvalue weighted by atomic mass is 10.2. The molecule has 1 atom stereocenters. The van der Waals surface area contributed by atoms with E-state index in [0.717, 1.165) is 30.2 Å². The molecular weight excluding hydrogens is 328 g/mol. The number of rotatable bonds is 5.